The summed E-state index contributed by atoms with van der Waals surface area (Å²) in [4.78, 5) is 13.4. The number of hydrogen-bond acceptors (Lipinski definition) is 2. The maximum absolute atomic E-state index is 11.6. The number of halogens is 1. The topological polar surface area (TPSA) is 44.4 Å². The maximum atomic E-state index is 11.6. The molecule has 0 aliphatic carbocycles. The fraction of sp³-hybridized carbons (Fsp3) is 0.364. The van der Waals surface area contributed by atoms with E-state index in [1.807, 2.05) is 18.2 Å². The molecular weight excluding hydrogens is 270 g/mol. The average Bonchev–Trinajstić information content (AvgIpc) is 2.49. The molecule has 2 N–H and O–H groups in total. The Morgan fingerprint density at radius 2 is 2.38 bits per heavy atom. The number of benzene rings is 1. The van der Waals surface area contributed by atoms with Crippen LogP contribution in [0, 0.1) is 0 Å². The van der Waals surface area contributed by atoms with Crippen molar-refractivity contribution in [3.05, 3.63) is 28.2 Å². The van der Waals surface area contributed by atoms with Crippen molar-refractivity contribution in [3.8, 4) is 0 Å². The molecule has 2 amide bonds. The van der Waals surface area contributed by atoms with Crippen molar-refractivity contribution in [1.29, 1.82) is 0 Å². The molecule has 2 rings (SSSR count). The Balaban J connectivity index is 2.25. The predicted molar refractivity (Wildman–Crippen MR) is 67.5 cm³/mol. The molecule has 0 spiro atoms. The zero-order valence-electron chi connectivity index (χ0n) is 9.09. The summed E-state index contributed by atoms with van der Waals surface area (Å²) in [5.74, 6) is 0. The molecule has 86 valence electrons. The second kappa shape index (κ2) is 4.74. The van der Waals surface area contributed by atoms with Crippen molar-refractivity contribution < 1.29 is 4.79 Å². The summed E-state index contributed by atoms with van der Waals surface area (Å²) in [5, 5.41) is 5.97. The van der Waals surface area contributed by atoms with Crippen molar-refractivity contribution in [2.75, 3.05) is 25.5 Å². The number of hydrogen-bond donors (Lipinski definition) is 2. The van der Waals surface area contributed by atoms with Crippen LogP contribution in [0.2, 0.25) is 0 Å². The molecule has 16 heavy (non-hydrogen) atoms. The lowest BCUT2D eigenvalue weighted by Gasteiger charge is -2.19. The Morgan fingerprint density at radius 3 is 3.12 bits per heavy atom. The summed E-state index contributed by atoms with van der Waals surface area (Å²) >= 11 is 3.44. The molecule has 0 aromatic heterocycles. The summed E-state index contributed by atoms with van der Waals surface area (Å²) in [7, 11) is 1.66. The summed E-state index contributed by atoms with van der Waals surface area (Å²) in [6.45, 7) is 2.13. The molecule has 0 unspecified atom stereocenters. The van der Waals surface area contributed by atoms with Crippen LogP contribution in [0.25, 0.3) is 0 Å². The van der Waals surface area contributed by atoms with E-state index in [4.69, 9.17) is 0 Å². The number of nitrogens with zero attached hydrogens (tertiary/aromatic N) is 1. The first-order chi connectivity index (χ1) is 7.70. The van der Waals surface area contributed by atoms with Crippen LogP contribution in [0.5, 0.6) is 0 Å². The molecule has 1 aliphatic rings. The SMILES string of the molecule is CNC(=O)N1CCNc2ccc(Br)cc2C1. The van der Waals surface area contributed by atoms with Crippen LogP contribution >= 0.6 is 15.9 Å². The van der Waals surface area contributed by atoms with E-state index in [2.05, 4.69) is 26.6 Å². The van der Waals surface area contributed by atoms with Gasteiger partial charge in [-0.1, -0.05) is 15.9 Å². The number of urea groups is 1. The highest BCUT2D eigenvalue weighted by Crippen LogP contribution is 2.24. The maximum Gasteiger partial charge on any atom is 0.317 e. The van der Waals surface area contributed by atoms with Crippen LogP contribution in [0.1, 0.15) is 5.56 Å². The van der Waals surface area contributed by atoms with E-state index < -0.39 is 0 Å². The second-order valence-electron chi connectivity index (χ2n) is 3.70. The van der Waals surface area contributed by atoms with Gasteiger partial charge in [0, 0.05) is 36.8 Å². The minimum atomic E-state index is -0.0328. The van der Waals surface area contributed by atoms with Gasteiger partial charge in [-0.25, -0.2) is 4.79 Å². The third kappa shape index (κ3) is 2.29. The molecule has 0 saturated heterocycles. The van der Waals surface area contributed by atoms with Crippen LogP contribution in [-0.2, 0) is 6.54 Å². The third-order valence-electron chi connectivity index (χ3n) is 2.63. The molecule has 0 bridgehead atoms. The van der Waals surface area contributed by atoms with Gasteiger partial charge >= 0.3 is 6.03 Å². The highest BCUT2D eigenvalue weighted by molar-refractivity contribution is 9.10. The Bertz CT molecular complexity index is 408. The standard InChI is InChI=1S/C11H14BrN3O/c1-13-11(16)15-5-4-14-10-3-2-9(12)6-8(10)7-15/h2-3,6,14H,4-5,7H2,1H3,(H,13,16). The van der Waals surface area contributed by atoms with Crippen molar-refractivity contribution in [3.63, 3.8) is 0 Å². The molecule has 1 aromatic rings. The van der Waals surface area contributed by atoms with Crippen LogP contribution in [0.15, 0.2) is 22.7 Å². The third-order valence-corrected chi connectivity index (χ3v) is 3.12. The molecule has 5 heteroatoms. The van der Waals surface area contributed by atoms with Gasteiger partial charge in [0.2, 0.25) is 0 Å². The van der Waals surface area contributed by atoms with E-state index in [0.717, 1.165) is 22.3 Å². The largest absolute Gasteiger partial charge is 0.383 e. The molecule has 0 saturated carbocycles. The first kappa shape index (κ1) is 11.3. The lowest BCUT2D eigenvalue weighted by Crippen LogP contribution is -2.38. The van der Waals surface area contributed by atoms with Crippen molar-refractivity contribution in [1.82, 2.24) is 10.2 Å². The zero-order valence-corrected chi connectivity index (χ0v) is 10.7. The van der Waals surface area contributed by atoms with Gasteiger partial charge in [0.15, 0.2) is 0 Å². The molecule has 0 atom stereocenters. The molecular formula is C11H14BrN3O. The molecule has 1 aromatic carbocycles. The number of carbonyl (C=O) groups excluding carboxylic acids is 1. The first-order valence-corrected chi connectivity index (χ1v) is 5.99. The second-order valence-corrected chi connectivity index (χ2v) is 4.62. The molecule has 1 aliphatic heterocycles. The van der Waals surface area contributed by atoms with Crippen LogP contribution in [0.3, 0.4) is 0 Å². The van der Waals surface area contributed by atoms with E-state index in [1.165, 1.54) is 0 Å². The number of carbonyl (C=O) groups is 1. The highest BCUT2D eigenvalue weighted by Gasteiger charge is 2.17. The summed E-state index contributed by atoms with van der Waals surface area (Å²) < 4.78 is 1.03. The Kier molecular flexibility index (Phi) is 3.33. The van der Waals surface area contributed by atoms with Crippen LogP contribution in [0.4, 0.5) is 10.5 Å². The summed E-state index contributed by atoms with van der Waals surface area (Å²) in [6, 6.07) is 6.05. The summed E-state index contributed by atoms with van der Waals surface area (Å²) in [5.41, 5.74) is 2.24. The molecule has 0 radical (unpaired) electrons. The Labute approximate surface area is 103 Å². The lowest BCUT2D eigenvalue weighted by atomic mass is 10.2. The van der Waals surface area contributed by atoms with E-state index in [-0.39, 0.29) is 6.03 Å². The van der Waals surface area contributed by atoms with Gasteiger partial charge in [0.05, 0.1) is 0 Å². The Morgan fingerprint density at radius 1 is 1.56 bits per heavy atom. The van der Waals surface area contributed by atoms with E-state index in [0.29, 0.717) is 13.1 Å². The van der Waals surface area contributed by atoms with Crippen LogP contribution < -0.4 is 10.6 Å². The first-order valence-electron chi connectivity index (χ1n) is 5.19. The van der Waals surface area contributed by atoms with Gasteiger partial charge < -0.3 is 15.5 Å². The van der Waals surface area contributed by atoms with Gasteiger partial charge in [0.1, 0.15) is 0 Å². The number of amides is 2. The smallest absolute Gasteiger partial charge is 0.317 e. The summed E-state index contributed by atoms with van der Waals surface area (Å²) in [6.07, 6.45) is 0. The van der Waals surface area contributed by atoms with Gasteiger partial charge in [-0.15, -0.1) is 0 Å². The molecule has 4 nitrogen and oxygen atoms in total. The normalized spacial score (nSPS) is 14.8. The minimum Gasteiger partial charge on any atom is -0.383 e. The van der Waals surface area contributed by atoms with Gasteiger partial charge in [-0.2, -0.15) is 0 Å². The van der Waals surface area contributed by atoms with E-state index in [1.54, 1.807) is 11.9 Å². The number of anilines is 1. The lowest BCUT2D eigenvalue weighted by molar-refractivity contribution is 0.200. The number of rotatable bonds is 0. The zero-order chi connectivity index (χ0) is 11.5. The van der Waals surface area contributed by atoms with Gasteiger partial charge in [0.25, 0.3) is 0 Å². The Hall–Kier alpha value is -1.23. The molecule has 0 fully saturated rings. The van der Waals surface area contributed by atoms with E-state index >= 15 is 0 Å². The van der Waals surface area contributed by atoms with Crippen LogP contribution in [-0.4, -0.2) is 31.1 Å². The van der Waals surface area contributed by atoms with Crippen molar-refractivity contribution >= 4 is 27.6 Å². The number of nitrogens with one attached hydrogen (secondary N) is 2. The highest BCUT2D eigenvalue weighted by atomic mass is 79.9. The van der Waals surface area contributed by atoms with Gasteiger partial charge in [-0.3, -0.25) is 0 Å². The fourth-order valence-corrected chi connectivity index (χ4v) is 2.22. The fourth-order valence-electron chi connectivity index (χ4n) is 1.81. The average molecular weight is 284 g/mol. The molecule has 1 heterocycles. The van der Waals surface area contributed by atoms with Crippen molar-refractivity contribution in [2.24, 2.45) is 0 Å². The quantitative estimate of drug-likeness (QED) is 0.765. The monoisotopic (exact) mass is 283 g/mol. The van der Waals surface area contributed by atoms with E-state index in [9.17, 15) is 4.79 Å². The minimum absolute atomic E-state index is 0.0328. The number of fused-ring (bicyclic) bond motifs is 1. The predicted octanol–water partition coefficient (Wildman–Crippen LogP) is 2.02. The van der Waals surface area contributed by atoms with Crippen molar-refractivity contribution in [2.45, 2.75) is 6.54 Å². The van der Waals surface area contributed by atoms with Gasteiger partial charge in [-0.05, 0) is 23.8 Å².